The molecule has 0 amide bonds. The highest BCUT2D eigenvalue weighted by Gasteiger charge is 2.18. The van der Waals surface area contributed by atoms with Gasteiger partial charge in [0.25, 0.3) is 0 Å². The zero-order chi connectivity index (χ0) is 9.80. The highest BCUT2D eigenvalue weighted by molar-refractivity contribution is 8.15. The molecule has 1 aromatic carbocycles. The SMILES string of the molecule is ClCC1CN=C(Nc2ccccc2)S1. The maximum atomic E-state index is 5.75. The van der Waals surface area contributed by atoms with Crippen molar-refractivity contribution in [2.75, 3.05) is 17.7 Å². The van der Waals surface area contributed by atoms with Crippen LogP contribution >= 0.6 is 23.4 Å². The first-order chi connectivity index (χ1) is 6.88. The van der Waals surface area contributed by atoms with Crippen LogP contribution in [-0.4, -0.2) is 22.8 Å². The number of rotatable bonds is 2. The summed E-state index contributed by atoms with van der Waals surface area (Å²) in [6, 6.07) is 10.0. The van der Waals surface area contributed by atoms with Gasteiger partial charge in [-0.3, -0.25) is 4.99 Å². The van der Waals surface area contributed by atoms with E-state index in [-0.39, 0.29) is 0 Å². The van der Waals surface area contributed by atoms with Crippen LogP contribution in [0, 0.1) is 0 Å². The quantitative estimate of drug-likeness (QED) is 0.785. The Morgan fingerprint density at radius 3 is 2.86 bits per heavy atom. The van der Waals surface area contributed by atoms with E-state index in [1.54, 1.807) is 11.8 Å². The van der Waals surface area contributed by atoms with Crippen LogP contribution in [0.4, 0.5) is 5.69 Å². The van der Waals surface area contributed by atoms with E-state index in [4.69, 9.17) is 11.6 Å². The predicted molar refractivity (Wildman–Crippen MR) is 64.5 cm³/mol. The number of hydrogen-bond acceptors (Lipinski definition) is 3. The lowest BCUT2D eigenvalue weighted by Crippen LogP contribution is -2.08. The van der Waals surface area contributed by atoms with Gasteiger partial charge in [0.05, 0.1) is 6.54 Å². The minimum atomic E-state index is 0.433. The maximum Gasteiger partial charge on any atom is 0.161 e. The Labute approximate surface area is 92.8 Å². The molecule has 1 N–H and O–H groups in total. The van der Waals surface area contributed by atoms with Gasteiger partial charge < -0.3 is 5.32 Å². The molecular formula is C10H11ClN2S. The molecule has 1 unspecified atom stereocenters. The summed E-state index contributed by atoms with van der Waals surface area (Å²) in [5.74, 6) is 0.661. The van der Waals surface area contributed by atoms with Crippen LogP contribution in [0.3, 0.4) is 0 Å². The number of benzene rings is 1. The van der Waals surface area contributed by atoms with E-state index in [1.165, 1.54) is 0 Å². The van der Waals surface area contributed by atoms with Crippen LogP contribution in [-0.2, 0) is 0 Å². The third-order valence-electron chi connectivity index (χ3n) is 1.91. The number of halogens is 1. The van der Waals surface area contributed by atoms with Crippen LogP contribution in [0.25, 0.3) is 0 Å². The summed E-state index contributed by atoms with van der Waals surface area (Å²) in [5, 5.41) is 4.67. The largest absolute Gasteiger partial charge is 0.335 e. The first kappa shape index (κ1) is 9.87. The van der Waals surface area contributed by atoms with Gasteiger partial charge in [0.2, 0.25) is 0 Å². The molecule has 0 aliphatic carbocycles. The molecule has 1 atom stereocenters. The van der Waals surface area contributed by atoms with Crippen molar-refractivity contribution in [3.05, 3.63) is 30.3 Å². The fourth-order valence-corrected chi connectivity index (χ4v) is 2.35. The summed E-state index contributed by atoms with van der Waals surface area (Å²) in [5.41, 5.74) is 1.08. The smallest absolute Gasteiger partial charge is 0.161 e. The molecule has 1 aliphatic rings. The summed E-state index contributed by atoms with van der Waals surface area (Å²) < 4.78 is 0. The molecule has 74 valence electrons. The van der Waals surface area contributed by atoms with Gasteiger partial charge in [0, 0.05) is 16.8 Å². The van der Waals surface area contributed by atoms with Crippen molar-refractivity contribution in [1.29, 1.82) is 0 Å². The number of nitrogens with zero attached hydrogens (tertiary/aromatic N) is 1. The molecule has 1 aromatic rings. The number of aliphatic imine (C=N–C) groups is 1. The number of thioether (sulfide) groups is 1. The summed E-state index contributed by atoms with van der Waals surface area (Å²) >= 11 is 7.47. The first-order valence-electron chi connectivity index (χ1n) is 4.47. The standard InChI is InChI=1S/C10H11ClN2S/c11-6-9-7-12-10(14-9)13-8-4-2-1-3-5-8/h1-5,9H,6-7H2,(H,12,13). The van der Waals surface area contributed by atoms with E-state index in [2.05, 4.69) is 10.3 Å². The molecule has 0 fully saturated rings. The molecule has 1 aliphatic heterocycles. The van der Waals surface area contributed by atoms with E-state index in [0.29, 0.717) is 11.1 Å². The Morgan fingerprint density at radius 1 is 1.43 bits per heavy atom. The van der Waals surface area contributed by atoms with Gasteiger partial charge >= 0.3 is 0 Å². The predicted octanol–water partition coefficient (Wildman–Crippen LogP) is 2.81. The Bertz CT molecular complexity index is 326. The molecule has 0 radical (unpaired) electrons. The van der Waals surface area contributed by atoms with Gasteiger partial charge in [-0.15, -0.1) is 11.6 Å². The second-order valence-corrected chi connectivity index (χ2v) is 4.63. The van der Waals surface area contributed by atoms with Gasteiger partial charge in [-0.1, -0.05) is 30.0 Å². The van der Waals surface area contributed by atoms with E-state index < -0.39 is 0 Å². The third-order valence-corrected chi connectivity index (χ3v) is 3.57. The Morgan fingerprint density at radius 2 is 2.21 bits per heavy atom. The van der Waals surface area contributed by atoms with E-state index >= 15 is 0 Å². The number of alkyl halides is 1. The normalized spacial score (nSPS) is 20.6. The van der Waals surface area contributed by atoms with Crippen molar-refractivity contribution < 1.29 is 0 Å². The average Bonchev–Trinajstić information content (AvgIpc) is 2.67. The first-order valence-corrected chi connectivity index (χ1v) is 5.89. The van der Waals surface area contributed by atoms with Crippen molar-refractivity contribution in [1.82, 2.24) is 0 Å². The zero-order valence-electron chi connectivity index (χ0n) is 7.61. The van der Waals surface area contributed by atoms with Gasteiger partial charge in [-0.25, -0.2) is 0 Å². The van der Waals surface area contributed by atoms with Gasteiger partial charge in [-0.05, 0) is 12.1 Å². The van der Waals surface area contributed by atoms with Gasteiger partial charge in [-0.2, -0.15) is 0 Å². The van der Waals surface area contributed by atoms with E-state index in [9.17, 15) is 0 Å². The van der Waals surface area contributed by atoms with Crippen molar-refractivity contribution in [3.63, 3.8) is 0 Å². The van der Waals surface area contributed by atoms with Gasteiger partial charge in [0.15, 0.2) is 5.17 Å². The lowest BCUT2D eigenvalue weighted by atomic mass is 10.3. The second-order valence-electron chi connectivity index (χ2n) is 3.03. The molecule has 14 heavy (non-hydrogen) atoms. The number of para-hydroxylation sites is 1. The molecule has 0 saturated carbocycles. The second kappa shape index (κ2) is 4.71. The minimum Gasteiger partial charge on any atom is -0.335 e. The lowest BCUT2D eigenvalue weighted by molar-refractivity contribution is 0.982. The average molecular weight is 227 g/mol. The molecule has 0 aromatic heterocycles. The highest BCUT2D eigenvalue weighted by Crippen LogP contribution is 2.23. The molecular weight excluding hydrogens is 216 g/mol. The Hall–Kier alpha value is -0.670. The number of nitrogens with one attached hydrogen (secondary N) is 1. The molecule has 2 nitrogen and oxygen atoms in total. The monoisotopic (exact) mass is 226 g/mol. The summed E-state index contributed by atoms with van der Waals surface area (Å²) in [7, 11) is 0. The van der Waals surface area contributed by atoms with Crippen molar-refractivity contribution in [2.45, 2.75) is 5.25 Å². The molecule has 0 bridgehead atoms. The van der Waals surface area contributed by atoms with Gasteiger partial charge in [0.1, 0.15) is 0 Å². The fourth-order valence-electron chi connectivity index (χ4n) is 1.21. The molecule has 2 rings (SSSR count). The number of amidine groups is 1. The van der Waals surface area contributed by atoms with Crippen LogP contribution in [0.15, 0.2) is 35.3 Å². The highest BCUT2D eigenvalue weighted by atomic mass is 35.5. The van der Waals surface area contributed by atoms with E-state index in [1.807, 2.05) is 30.3 Å². The molecule has 1 heterocycles. The number of anilines is 1. The summed E-state index contributed by atoms with van der Waals surface area (Å²) in [6.45, 7) is 0.823. The van der Waals surface area contributed by atoms with Crippen LogP contribution in [0.5, 0.6) is 0 Å². The van der Waals surface area contributed by atoms with Crippen molar-refractivity contribution in [3.8, 4) is 0 Å². The minimum absolute atomic E-state index is 0.433. The Kier molecular flexibility index (Phi) is 3.32. The van der Waals surface area contributed by atoms with Crippen molar-refractivity contribution in [2.24, 2.45) is 4.99 Å². The fraction of sp³-hybridized carbons (Fsp3) is 0.300. The lowest BCUT2D eigenvalue weighted by Gasteiger charge is -2.05. The van der Waals surface area contributed by atoms with Crippen LogP contribution < -0.4 is 5.32 Å². The Balaban J connectivity index is 1.94. The molecule has 0 saturated heterocycles. The van der Waals surface area contributed by atoms with Crippen molar-refractivity contribution >= 4 is 34.2 Å². The maximum absolute atomic E-state index is 5.75. The van der Waals surface area contributed by atoms with E-state index in [0.717, 1.165) is 17.4 Å². The molecule has 0 spiro atoms. The zero-order valence-corrected chi connectivity index (χ0v) is 9.18. The van der Waals surface area contributed by atoms with Crippen LogP contribution in [0.2, 0.25) is 0 Å². The summed E-state index contributed by atoms with van der Waals surface area (Å²) in [4.78, 5) is 4.37. The number of hydrogen-bond donors (Lipinski definition) is 1. The van der Waals surface area contributed by atoms with Crippen LogP contribution in [0.1, 0.15) is 0 Å². The third kappa shape index (κ3) is 2.42. The topological polar surface area (TPSA) is 24.4 Å². The summed E-state index contributed by atoms with van der Waals surface area (Å²) in [6.07, 6.45) is 0. The molecule has 4 heteroatoms.